The van der Waals surface area contributed by atoms with Crippen LogP contribution in [0, 0.1) is 0 Å². The first kappa shape index (κ1) is 22.2. The van der Waals surface area contributed by atoms with Gasteiger partial charge >= 0.3 is 0 Å². The van der Waals surface area contributed by atoms with Gasteiger partial charge in [0.1, 0.15) is 0 Å². The number of benzene rings is 2. The number of hydrogen-bond donors (Lipinski definition) is 1. The number of nitrogens with zero attached hydrogens (tertiary/aromatic N) is 3. The topological polar surface area (TPSA) is 78.3 Å². The van der Waals surface area contributed by atoms with Crippen LogP contribution in [0.4, 0.5) is 0 Å². The summed E-state index contributed by atoms with van der Waals surface area (Å²) in [5, 5.41) is 12.6. The number of fused-ring (bicyclic) bond motifs is 3. The second-order valence-corrected chi connectivity index (χ2v) is 9.31. The second kappa shape index (κ2) is 9.24. The molecule has 1 amide bonds. The van der Waals surface area contributed by atoms with E-state index in [2.05, 4.69) is 52.1 Å². The molecule has 0 saturated carbocycles. The number of carbonyl (C=O) groups is 1. The smallest absolute Gasteiger partial charge is 0.230 e. The Morgan fingerprint density at radius 2 is 1.91 bits per heavy atom. The number of carbonyl (C=O) groups excluding carboxylic acids is 1. The minimum Gasteiger partial charge on any atom is -0.493 e. The third-order valence-electron chi connectivity index (χ3n) is 5.64. The molecule has 7 nitrogen and oxygen atoms in total. The maximum absolute atomic E-state index is 12.4. The third-order valence-corrected chi connectivity index (χ3v) is 6.57. The van der Waals surface area contributed by atoms with Crippen LogP contribution >= 0.6 is 11.8 Å². The van der Waals surface area contributed by atoms with Crippen LogP contribution in [0.2, 0.25) is 0 Å². The molecule has 1 aliphatic rings. The summed E-state index contributed by atoms with van der Waals surface area (Å²) in [5.74, 6) is 2.52. The summed E-state index contributed by atoms with van der Waals surface area (Å²) in [6, 6.07) is 14.1. The molecule has 0 bridgehead atoms. The van der Waals surface area contributed by atoms with E-state index in [0.717, 1.165) is 28.5 Å². The van der Waals surface area contributed by atoms with Gasteiger partial charge in [-0.1, -0.05) is 42.1 Å². The molecule has 1 N–H and O–H groups in total. The monoisotopic (exact) mass is 452 g/mol. The first-order chi connectivity index (χ1) is 15.4. The van der Waals surface area contributed by atoms with Crippen molar-refractivity contribution < 1.29 is 14.3 Å². The average Bonchev–Trinajstić information content (AvgIpc) is 3.23. The molecule has 32 heavy (non-hydrogen) atoms. The number of methoxy groups -OCH3 is 2. The Bertz CT molecular complexity index is 1130. The standard InChI is InChI=1S/C24H28N4O3S/c1-24(2)14-17-7-5-6-8-18(17)22-26-27-23(28(22)24)32-15-21(29)25-12-11-16-9-10-19(30-3)20(13-16)31-4/h5-10,13H,11-12,14-15H2,1-4H3,(H,25,29). The molecule has 3 aromatic rings. The second-order valence-electron chi connectivity index (χ2n) is 8.37. The Morgan fingerprint density at radius 3 is 2.69 bits per heavy atom. The van der Waals surface area contributed by atoms with Gasteiger partial charge < -0.3 is 14.8 Å². The SMILES string of the molecule is COc1ccc(CCNC(=O)CSc2nnc3n2C(C)(C)Cc2ccccc2-3)cc1OC. The van der Waals surface area contributed by atoms with Crippen molar-refractivity contribution in [3.63, 3.8) is 0 Å². The summed E-state index contributed by atoms with van der Waals surface area (Å²) in [7, 11) is 3.23. The van der Waals surface area contributed by atoms with Crippen molar-refractivity contribution >= 4 is 17.7 Å². The van der Waals surface area contributed by atoms with Crippen LogP contribution in [-0.2, 0) is 23.2 Å². The zero-order valence-electron chi connectivity index (χ0n) is 18.8. The molecule has 1 aliphatic heterocycles. The number of amides is 1. The van der Waals surface area contributed by atoms with Crippen LogP contribution in [0.5, 0.6) is 11.5 Å². The van der Waals surface area contributed by atoms with Crippen LogP contribution in [-0.4, -0.2) is 47.2 Å². The minimum atomic E-state index is -0.153. The van der Waals surface area contributed by atoms with Gasteiger partial charge in [-0.2, -0.15) is 0 Å². The van der Waals surface area contributed by atoms with Gasteiger partial charge in [0.05, 0.1) is 20.0 Å². The molecule has 0 atom stereocenters. The average molecular weight is 453 g/mol. The summed E-state index contributed by atoms with van der Waals surface area (Å²) in [6.07, 6.45) is 1.61. The quantitative estimate of drug-likeness (QED) is 0.525. The molecule has 4 rings (SSSR count). The van der Waals surface area contributed by atoms with E-state index in [9.17, 15) is 4.79 Å². The largest absolute Gasteiger partial charge is 0.493 e. The predicted octanol–water partition coefficient (Wildman–Crippen LogP) is 3.70. The van der Waals surface area contributed by atoms with Crippen LogP contribution in [0.1, 0.15) is 25.0 Å². The van der Waals surface area contributed by atoms with E-state index >= 15 is 0 Å². The molecule has 0 fully saturated rings. The Balaban J connectivity index is 1.35. The zero-order chi connectivity index (χ0) is 22.7. The van der Waals surface area contributed by atoms with E-state index in [0.29, 0.717) is 30.2 Å². The predicted molar refractivity (Wildman–Crippen MR) is 125 cm³/mol. The van der Waals surface area contributed by atoms with Crippen LogP contribution in [0.15, 0.2) is 47.6 Å². The molecule has 0 unspecified atom stereocenters. The number of rotatable bonds is 8. The van der Waals surface area contributed by atoms with E-state index in [1.54, 1.807) is 14.2 Å². The molecule has 0 spiro atoms. The van der Waals surface area contributed by atoms with Crippen molar-refractivity contribution in [2.24, 2.45) is 0 Å². The van der Waals surface area contributed by atoms with Crippen LogP contribution < -0.4 is 14.8 Å². The summed E-state index contributed by atoms with van der Waals surface area (Å²) < 4.78 is 12.8. The highest BCUT2D eigenvalue weighted by Gasteiger charge is 2.34. The molecule has 2 heterocycles. The van der Waals surface area contributed by atoms with Crippen molar-refractivity contribution in [2.75, 3.05) is 26.5 Å². The summed E-state index contributed by atoms with van der Waals surface area (Å²) in [6.45, 7) is 4.91. The van der Waals surface area contributed by atoms with Gasteiger partial charge in [-0.3, -0.25) is 9.36 Å². The lowest BCUT2D eigenvalue weighted by atomic mass is 9.87. The maximum atomic E-state index is 12.4. The molecule has 8 heteroatoms. The fourth-order valence-electron chi connectivity index (χ4n) is 4.08. The molecule has 2 aromatic carbocycles. The Kier molecular flexibility index (Phi) is 6.41. The van der Waals surface area contributed by atoms with E-state index in [4.69, 9.17) is 9.47 Å². The van der Waals surface area contributed by atoms with Crippen LogP contribution in [0.25, 0.3) is 11.4 Å². The molecular weight excluding hydrogens is 424 g/mol. The van der Waals surface area contributed by atoms with E-state index in [1.807, 2.05) is 24.3 Å². The van der Waals surface area contributed by atoms with E-state index in [-0.39, 0.29) is 11.4 Å². The van der Waals surface area contributed by atoms with E-state index < -0.39 is 0 Å². The molecule has 168 valence electrons. The highest BCUT2D eigenvalue weighted by molar-refractivity contribution is 7.99. The summed E-state index contributed by atoms with van der Waals surface area (Å²) in [5.41, 5.74) is 3.31. The number of nitrogens with one attached hydrogen (secondary N) is 1. The Hall–Kier alpha value is -3.00. The number of ether oxygens (including phenoxy) is 2. The Labute approximate surface area is 192 Å². The summed E-state index contributed by atoms with van der Waals surface area (Å²) >= 11 is 1.42. The van der Waals surface area contributed by atoms with Gasteiger partial charge in [0.25, 0.3) is 0 Å². The summed E-state index contributed by atoms with van der Waals surface area (Å²) in [4.78, 5) is 12.4. The molecule has 0 saturated heterocycles. The lowest BCUT2D eigenvalue weighted by molar-refractivity contribution is -0.118. The normalized spacial score (nSPS) is 13.8. The third kappa shape index (κ3) is 4.46. The van der Waals surface area contributed by atoms with Gasteiger partial charge in [0.15, 0.2) is 22.5 Å². The molecule has 0 aliphatic carbocycles. The van der Waals surface area contributed by atoms with Gasteiger partial charge in [-0.15, -0.1) is 10.2 Å². The molecular formula is C24H28N4O3S. The fraction of sp³-hybridized carbons (Fsp3) is 0.375. The molecule has 1 aromatic heterocycles. The van der Waals surface area contributed by atoms with E-state index in [1.165, 1.54) is 17.3 Å². The highest BCUT2D eigenvalue weighted by atomic mass is 32.2. The maximum Gasteiger partial charge on any atom is 0.230 e. The molecule has 0 radical (unpaired) electrons. The van der Waals surface area contributed by atoms with Crippen LogP contribution in [0.3, 0.4) is 0 Å². The van der Waals surface area contributed by atoms with Crippen molar-refractivity contribution in [2.45, 2.75) is 37.4 Å². The number of thioether (sulfide) groups is 1. The number of hydrogen-bond acceptors (Lipinski definition) is 6. The van der Waals surface area contributed by atoms with Crippen molar-refractivity contribution in [3.8, 4) is 22.9 Å². The van der Waals surface area contributed by atoms with Gasteiger partial charge in [-0.25, -0.2) is 0 Å². The van der Waals surface area contributed by atoms with Gasteiger partial charge in [0.2, 0.25) is 5.91 Å². The van der Waals surface area contributed by atoms with Crippen molar-refractivity contribution in [1.82, 2.24) is 20.1 Å². The lowest BCUT2D eigenvalue weighted by Crippen LogP contribution is -2.34. The fourth-order valence-corrected chi connectivity index (χ4v) is 5.01. The first-order valence-corrected chi connectivity index (χ1v) is 11.6. The lowest BCUT2D eigenvalue weighted by Gasteiger charge is -2.34. The van der Waals surface area contributed by atoms with Gasteiger partial charge in [-0.05, 0) is 49.9 Å². The van der Waals surface area contributed by atoms with Crippen molar-refractivity contribution in [1.29, 1.82) is 0 Å². The minimum absolute atomic E-state index is 0.0261. The first-order valence-electron chi connectivity index (χ1n) is 10.6. The number of aromatic nitrogens is 3. The van der Waals surface area contributed by atoms with Gasteiger partial charge in [0, 0.05) is 17.6 Å². The Morgan fingerprint density at radius 1 is 1.12 bits per heavy atom. The van der Waals surface area contributed by atoms with Crippen molar-refractivity contribution in [3.05, 3.63) is 53.6 Å². The highest BCUT2D eigenvalue weighted by Crippen LogP contribution is 2.39. The zero-order valence-corrected chi connectivity index (χ0v) is 19.7.